The van der Waals surface area contributed by atoms with Crippen molar-refractivity contribution in [2.45, 2.75) is 69.6 Å². The molecule has 158 valence electrons. The second kappa shape index (κ2) is 9.19. The van der Waals surface area contributed by atoms with E-state index in [2.05, 4.69) is 15.3 Å². The maximum Gasteiger partial charge on any atom is 0.224 e. The van der Waals surface area contributed by atoms with E-state index in [9.17, 15) is 10.2 Å². The Labute approximate surface area is 170 Å². The number of aliphatic hydroxyl groups excluding tert-OH is 2. The predicted octanol–water partition coefficient (Wildman–Crippen LogP) is 2.39. The number of aliphatic hydroxyl groups is 2. The molecule has 1 saturated heterocycles. The topological polar surface area (TPSA) is 110 Å². The molecule has 1 atom stereocenters. The van der Waals surface area contributed by atoms with Gasteiger partial charge in [-0.25, -0.2) is 15.0 Å². The van der Waals surface area contributed by atoms with Crippen LogP contribution >= 0.6 is 0 Å². The molecular weight excluding hydrogens is 372 g/mol. The maximum atomic E-state index is 9.88. The van der Waals surface area contributed by atoms with Crippen molar-refractivity contribution in [3.8, 4) is 5.88 Å². The van der Waals surface area contributed by atoms with E-state index in [0.717, 1.165) is 55.0 Å². The minimum atomic E-state index is -0.209. The van der Waals surface area contributed by atoms with Crippen LogP contribution in [0.25, 0.3) is 10.9 Å². The SMILES string of the molecule is C[C@@H](CO)Nc1ncc2c(OC3CCOCC3)ncc([C@H]3CC[C@H](O)CC3)c2n1. The van der Waals surface area contributed by atoms with E-state index in [1.165, 1.54) is 0 Å². The molecule has 1 aliphatic carbocycles. The van der Waals surface area contributed by atoms with Crippen molar-refractivity contribution in [2.24, 2.45) is 0 Å². The molecule has 2 aliphatic rings. The van der Waals surface area contributed by atoms with Gasteiger partial charge >= 0.3 is 0 Å². The second-order valence-electron chi connectivity index (χ2n) is 8.14. The summed E-state index contributed by atoms with van der Waals surface area (Å²) in [5.41, 5.74) is 1.92. The Morgan fingerprint density at radius 2 is 1.90 bits per heavy atom. The highest BCUT2D eigenvalue weighted by Gasteiger charge is 2.25. The van der Waals surface area contributed by atoms with E-state index < -0.39 is 0 Å². The van der Waals surface area contributed by atoms with Crippen LogP contribution in [0.2, 0.25) is 0 Å². The standard InChI is InChI=1S/C21H30N4O4/c1-13(12-26)24-21-23-11-18-19(25-21)17(14-2-4-15(27)5-3-14)10-22-20(18)29-16-6-8-28-9-7-16/h10-11,13-16,26-27H,2-9,12H2,1H3,(H,23,24,25)/t13-,14-,15-/m0/s1. The van der Waals surface area contributed by atoms with Gasteiger partial charge in [0.1, 0.15) is 6.10 Å². The lowest BCUT2D eigenvalue weighted by molar-refractivity contribution is 0.0244. The van der Waals surface area contributed by atoms with Crippen LogP contribution in [0.15, 0.2) is 12.4 Å². The molecule has 29 heavy (non-hydrogen) atoms. The van der Waals surface area contributed by atoms with Gasteiger partial charge in [-0.2, -0.15) is 0 Å². The average molecular weight is 402 g/mol. The molecule has 2 aromatic heterocycles. The maximum absolute atomic E-state index is 9.88. The van der Waals surface area contributed by atoms with Gasteiger partial charge < -0.3 is 25.0 Å². The third-order valence-electron chi connectivity index (χ3n) is 5.85. The Morgan fingerprint density at radius 1 is 1.14 bits per heavy atom. The van der Waals surface area contributed by atoms with Gasteiger partial charge in [-0.1, -0.05) is 0 Å². The van der Waals surface area contributed by atoms with Crippen molar-refractivity contribution in [3.63, 3.8) is 0 Å². The highest BCUT2D eigenvalue weighted by atomic mass is 16.5. The minimum Gasteiger partial charge on any atom is -0.474 e. The fraction of sp³-hybridized carbons (Fsp3) is 0.667. The van der Waals surface area contributed by atoms with E-state index in [1.807, 2.05) is 13.1 Å². The van der Waals surface area contributed by atoms with Crippen LogP contribution in [-0.4, -0.2) is 63.2 Å². The molecule has 2 fully saturated rings. The quantitative estimate of drug-likeness (QED) is 0.676. The summed E-state index contributed by atoms with van der Waals surface area (Å²) in [5, 5.41) is 23.2. The van der Waals surface area contributed by atoms with E-state index in [0.29, 0.717) is 31.0 Å². The van der Waals surface area contributed by atoms with Crippen LogP contribution in [0, 0.1) is 0 Å². The number of hydrogen-bond donors (Lipinski definition) is 3. The Hall–Kier alpha value is -2.03. The molecule has 3 N–H and O–H groups in total. The minimum absolute atomic E-state index is 0.00320. The summed E-state index contributed by atoms with van der Waals surface area (Å²) in [6.45, 7) is 3.29. The highest BCUT2D eigenvalue weighted by Crippen LogP contribution is 2.38. The summed E-state index contributed by atoms with van der Waals surface area (Å²) >= 11 is 0. The smallest absolute Gasteiger partial charge is 0.224 e. The number of nitrogens with one attached hydrogen (secondary N) is 1. The molecule has 0 spiro atoms. The summed E-state index contributed by atoms with van der Waals surface area (Å²) in [4.78, 5) is 13.8. The number of rotatable bonds is 6. The van der Waals surface area contributed by atoms with Crippen LogP contribution in [-0.2, 0) is 4.74 Å². The number of pyridine rings is 1. The van der Waals surface area contributed by atoms with Crippen LogP contribution in [0.3, 0.4) is 0 Å². The van der Waals surface area contributed by atoms with Gasteiger partial charge in [0, 0.05) is 36.8 Å². The van der Waals surface area contributed by atoms with Crippen molar-refractivity contribution in [3.05, 3.63) is 18.0 Å². The fourth-order valence-electron chi connectivity index (χ4n) is 4.08. The van der Waals surface area contributed by atoms with E-state index in [-0.39, 0.29) is 24.9 Å². The van der Waals surface area contributed by atoms with Gasteiger partial charge in [-0.3, -0.25) is 0 Å². The largest absolute Gasteiger partial charge is 0.474 e. The lowest BCUT2D eigenvalue weighted by Gasteiger charge is -2.27. The van der Waals surface area contributed by atoms with Crippen molar-refractivity contribution in [2.75, 3.05) is 25.1 Å². The first-order valence-corrected chi connectivity index (χ1v) is 10.6. The molecule has 4 rings (SSSR count). The average Bonchev–Trinajstić information content (AvgIpc) is 2.75. The highest BCUT2D eigenvalue weighted by molar-refractivity contribution is 5.86. The summed E-state index contributed by atoms with van der Waals surface area (Å²) in [6, 6.07) is -0.138. The van der Waals surface area contributed by atoms with Crippen molar-refractivity contribution >= 4 is 16.9 Å². The predicted molar refractivity (Wildman–Crippen MR) is 109 cm³/mol. The van der Waals surface area contributed by atoms with Crippen LogP contribution in [0.1, 0.15) is 56.9 Å². The molecule has 0 aromatic carbocycles. The zero-order valence-corrected chi connectivity index (χ0v) is 16.9. The summed E-state index contributed by atoms with van der Waals surface area (Å²) in [6.07, 6.45) is 8.63. The lowest BCUT2D eigenvalue weighted by atomic mass is 9.83. The molecule has 8 nitrogen and oxygen atoms in total. The van der Waals surface area contributed by atoms with E-state index in [4.69, 9.17) is 14.5 Å². The summed E-state index contributed by atoms with van der Waals surface area (Å²) < 4.78 is 11.6. The summed E-state index contributed by atoms with van der Waals surface area (Å²) in [7, 11) is 0. The first-order valence-electron chi connectivity index (χ1n) is 10.6. The van der Waals surface area contributed by atoms with Gasteiger partial charge in [-0.15, -0.1) is 0 Å². The number of ether oxygens (including phenoxy) is 2. The van der Waals surface area contributed by atoms with Gasteiger partial charge in [0.2, 0.25) is 11.8 Å². The first-order chi connectivity index (χ1) is 14.1. The molecule has 2 aromatic rings. The zero-order valence-electron chi connectivity index (χ0n) is 16.9. The van der Waals surface area contributed by atoms with Crippen molar-refractivity contribution in [1.29, 1.82) is 0 Å². The molecule has 0 radical (unpaired) electrons. The normalized spacial score (nSPS) is 24.4. The van der Waals surface area contributed by atoms with Gasteiger partial charge in [0.05, 0.1) is 36.8 Å². The molecule has 0 amide bonds. The third kappa shape index (κ3) is 4.76. The summed E-state index contributed by atoms with van der Waals surface area (Å²) in [5.74, 6) is 1.36. The lowest BCUT2D eigenvalue weighted by Crippen LogP contribution is -2.26. The van der Waals surface area contributed by atoms with Crippen molar-refractivity contribution in [1.82, 2.24) is 15.0 Å². The molecule has 8 heteroatoms. The Bertz CT molecular complexity index is 820. The molecule has 3 heterocycles. The number of aromatic nitrogens is 3. The van der Waals surface area contributed by atoms with E-state index in [1.54, 1.807) is 6.20 Å². The number of fused-ring (bicyclic) bond motifs is 1. The van der Waals surface area contributed by atoms with Crippen LogP contribution in [0.5, 0.6) is 5.88 Å². The van der Waals surface area contributed by atoms with Crippen LogP contribution in [0.4, 0.5) is 5.95 Å². The molecular formula is C21H30N4O4. The monoisotopic (exact) mass is 402 g/mol. The molecule has 1 saturated carbocycles. The van der Waals surface area contributed by atoms with Gasteiger partial charge in [0.15, 0.2) is 0 Å². The number of anilines is 1. The third-order valence-corrected chi connectivity index (χ3v) is 5.85. The fourth-order valence-corrected chi connectivity index (χ4v) is 4.08. The Morgan fingerprint density at radius 3 is 2.62 bits per heavy atom. The molecule has 1 aliphatic heterocycles. The van der Waals surface area contributed by atoms with Crippen molar-refractivity contribution < 1.29 is 19.7 Å². The van der Waals surface area contributed by atoms with E-state index >= 15 is 0 Å². The Balaban J connectivity index is 1.69. The number of nitrogens with zero attached hydrogens (tertiary/aromatic N) is 3. The Kier molecular flexibility index (Phi) is 6.42. The van der Waals surface area contributed by atoms with Crippen LogP contribution < -0.4 is 10.1 Å². The second-order valence-corrected chi connectivity index (χ2v) is 8.14. The first kappa shape index (κ1) is 20.3. The zero-order chi connectivity index (χ0) is 20.2. The van der Waals surface area contributed by atoms with Gasteiger partial charge in [0.25, 0.3) is 0 Å². The van der Waals surface area contributed by atoms with Gasteiger partial charge in [-0.05, 0) is 38.5 Å². The molecule has 0 unspecified atom stereocenters. The molecule has 0 bridgehead atoms. The number of hydrogen-bond acceptors (Lipinski definition) is 8.